The van der Waals surface area contributed by atoms with Crippen LogP contribution in [0.5, 0.6) is 0 Å². The second-order valence-electron chi connectivity index (χ2n) is 8.45. The summed E-state index contributed by atoms with van der Waals surface area (Å²) in [4.78, 5) is 25.8. The molecule has 2 unspecified atom stereocenters. The Morgan fingerprint density at radius 2 is 2.04 bits per heavy atom. The van der Waals surface area contributed by atoms with Crippen molar-refractivity contribution in [2.75, 3.05) is 13.1 Å². The molecule has 4 aliphatic carbocycles. The van der Waals surface area contributed by atoms with Crippen molar-refractivity contribution in [1.29, 1.82) is 5.26 Å². The van der Waals surface area contributed by atoms with Gasteiger partial charge in [0.05, 0.1) is 12.6 Å². The van der Waals surface area contributed by atoms with E-state index in [9.17, 15) is 14.9 Å². The molecule has 0 spiro atoms. The lowest BCUT2D eigenvalue weighted by Crippen LogP contribution is -2.67. The number of nitriles is 1. The summed E-state index contributed by atoms with van der Waals surface area (Å²) in [5.74, 6) is 0.792. The Labute approximate surface area is 141 Å². The Kier molecular flexibility index (Phi) is 3.57. The van der Waals surface area contributed by atoms with Crippen molar-refractivity contribution in [3.05, 3.63) is 10.1 Å². The summed E-state index contributed by atoms with van der Waals surface area (Å²) in [5, 5.41) is 24.3. The van der Waals surface area contributed by atoms with Gasteiger partial charge in [0.1, 0.15) is 6.04 Å². The lowest BCUT2D eigenvalue weighted by Gasteiger charge is -2.58. The Morgan fingerprint density at radius 1 is 1.33 bits per heavy atom. The SMILES string of the molecule is N#C[C@@H]1CCCN1C(=O)CNC12C[C@H]3C[C@@H](C1)CC([N+](=O)[O-])(C3)C2. The van der Waals surface area contributed by atoms with E-state index in [0.717, 1.165) is 32.1 Å². The van der Waals surface area contributed by atoms with E-state index in [-0.39, 0.29) is 29.0 Å². The van der Waals surface area contributed by atoms with E-state index < -0.39 is 5.54 Å². The third kappa shape index (κ3) is 2.39. The highest BCUT2D eigenvalue weighted by Crippen LogP contribution is 2.58. The van der Waals surface area contributed by atoms with Crippen molar-refractivity contribution in [2.24, 2.45) is 11.8 Å². The standard InChI is InChI=1S/C17H24N4O3/c18-9-14-2-1-3-20(14)15(22)10-19-16-5-12-4-13(6-16)8-17(7-12,11-16)21(23)24/h12-14,19H,1-8,10-11H2/t12-,13+,14-,16?,17?/m0/s1. The van der Waals surface area contributed by atoms with Crippen LogP contribution in [0.2, 0.25) is 0 Å². The minimum atomic E-state index is -0.775. The van der Waals surface area contributed by atoms with E-state index in [2.05, 4.69) is 11.4 Å². The number of nitrogens with zero attached hydrogens (tertiary/aromatic N) is 3. The summed E-state index contributed by atoms with van der Waals surface area (Å²) in [6, 6.07) is 1.89. The molecular weight excluding hydrogens is 308 g/mol. The smallest absolute Gasteiger partial charge is 0.237 e. The number of likely N-dealkylation sites (tertiary alicyclic amines) is 1. The minimum Gasteiger partial charge on any atom is -0.326 e. The van der Waals surface area contributed by atoms with Crippen LogP contribution in [0.3, 0.4) is 0 Å². The van der Waals surface area contributed by atoms with Gasteiger partial charge in [-0.25, -0.2) is 0 Å². The second kappa shape index (κ2) is 5.41. The van der Waals surface area contributed by atoms with Crippen molar-refractivity contribution in [1.82, 2.24) is 10.2 Å². The first-order chi connectivity index (χ1) is 11.5. The zero-order valence-corrected chi connectivity index (χ0v) is 13.9. The highest BCUT2D eigenvalue weighted by atomic mass is 16.6. The van der Waals surface area contributed by atoms with Crippen molar-refractivity contribution in [3.8, 4) is 6.07 Å². The van der Waals surface area contributed by atoms with Crippen LogP contribution in [0.25, 0.3) is 0 Å². The first-order valence-electron chi connectivity index (χ1n) is 9.04. The van der Waals surface area contributed by atoms with Crippen LogP contribution in [-0.2, 0) is 4.79 Å². The van der Waals surface area contributed by atoms with Crippen LogP contribution in [-0.4, -0.2) is 45.9 Å². The van der Waals surface area contributed by atoms with Gasteiger partial charge in [0.2, 0.25) is 11.4 Å². The molecule has 24 heavy (non-hydrogen) atoms. The lowest BCUT2D eigenvalue weighted by atomic mass is 9.50. The molecule has 0 radical (unpaired) electrons. The van der Waals surface area contributed by atoms with Crippen molar-refractivity contribution in [2.45, 2.75) is 68.5 Å². The Hall–Kier alpha value is -1.68. The van der Waals surface area contributed by atoms with Crippen LogP contribution in [0.4, 0.5) is 0 Å². The van der Waals surface area contributed by atoms with Crippen molar-refractivity contribution < 1.29 is 9.72 Å². The van der Waals surface area contributed by atoms with Gasteiger partial charge in [0.25, 0.3) is 0 Å². The molecule has 4 saturated carbocycles. The molecule has 7 heteroatoms. The molecule has 1 aliphatic heterocycles. The fourth-order valence-corrected chi connectivity index (χ4v) is 6.20. The maximum atomic E-state index is 12.5. The molecule has 5 fully saturated rings. The van der Waals surface area contributed by atoms with Gasteiger partial charge in [-0.15, -0.1) is 0 Å². The van der Waals surface area contributed by atoms with Gasteiger partial charge in [-0.2, -0.15) is 5.26 Å². The molecule has 5 atom stereocenters. The van der Waals surface area contributed by atoms with Gasteiger partial charge in [0.15, 0.2) is 0 Å². The minimum absolute atomic E-state index is 0.0371. The van der Waals surface area contributed by atoms with Gasteiger partial charge < -0.3 is 10.2 Å². The molecule has 0 aromatic carbocycles. The molecule has 5 aliphatic rings. The number of hydrogen-bond acceptors (Lipinski definition) is 5. The molecule has 5 rings (SSSR count). The van der Waals surface area contributed by atoms with Crippen LogP contribution in [0.1, 0.15) is 51.4 Å². The van der Waals surface area contributed by atoms with Gasteiger partial charge in [0, 0.05) is 36.3 Å². The normalized spacial score (nSPS) is 43.0. The molecule has 1 N–H and O–H groups in total. The summed E-state index contributed by atoms with van der Waals surface area (Å²) in [5.41, 5.74) is -1.03. The van der Waals surface area contributed by atoms with Crippen LogP contribution in [0.15, 0.2) is 0 Å². The summed E-state index contributed by atoms with van der Waals surface area (Å²) in [6.45, 7) is 0.848. The molecule has 1 heterocycles. The monoisotopic (exact) mass is 332 g/mol. The molecule has 1 amide bonds. The molecule has 0 aromatic heterocycles. The van der Waals surface area contributed by atoms with Crippen LogP contribution < -0.4 is 5.32 Å². The first kappa shape index (κ1) is 15.8. The Morgan fingerprint density at radius 3 is 2.67 bits per heavy atom. The van der Waals surface area contributed by atoms with Gasteiger partial charge in [-0.1, -0.05) is 0 Å². The number of carbonyl (C=O) groups is 1. The van der Waals surface area contributed by atoms with Crippen molar-refractivity contribution >= 4 is 5.91 Å². The topological polar surface area (TPSA) is 99.3 Å². The number of hydrogen-bond donors (Lipinski definition) is 1. The average molecular weight is 332 g/mol. The van der Waals surface area contributed by atoms with Gasteiger partial charge in [-0.05, 0) is 43.9 Å². The van der Waals surface area contributed by atoms with Gasteiger partial charge >= 0.3 is 0 Å². The zero-order chi connectivity index (χ0) is 16.9. The quantitative estimate of drug-likeness (QED) is 0.620. The summed E-state index contributed by atoms with van der Waals surface area (Å²) in [7, 11) is 0. The van der Waals surface area contributed by atoms with E-state index in [4.69, 9.17) is 5.26 Å². The van der Waals surface area contributed by atoms with Crippen molar-refractivity contribution in [3.63, 3.8) is 0 Å². The fraction of sp³-hybridized carbons (Fsp3) is 0.882. The van der Waals surface area contributed by atoms with Crippen LogP contribution in [0, 0.1) is 33.3 Å². The second-order valence-corrected chi connectivity index (χ2v) is 8.45. The highest BCUT2D eigenvalue weighted by Gasteiger charge is 2.64. The predicted octanol–water partition coefficient (Wildman–Crippen LogP) is 1.46. The lowest BCUT2D eigenvalue weighted by molar-refractivity contribution is -0.589. The van der Waals surface area contributed by atoms with Crippen LogP contribution >= 0.6 is 0 Å². The highest BCUT2D eigenvalue weighted by molar-refractivity contribution is 5.79. The average Bonchev–Trinajstić information content (AvgIpc) is 3.00. The van der Waals surface area contributed by atoms with E-state index in [1.165, 1.54) is 0 Å². The molecule has 1 saturated heterocycles. The fourth-order valence-electron chi connectivity index (χ4n) is 6.20. The van der Waals surface area contributed by atoms with Gasteiger partial charge in [-0.3, -0.25) is 14.9 Å². The Balaban J connectivity index is 1.46. The molecule has 7 nitrogen and oxygen atoms in total. The summed E-state index contributed by atoms with van der Waals surface area (Å²) >= 11 is 0. The molecular formula is C17H24N4O3. The number of amides is 1. The number of nitro groups is 1. The molecule has 130 valence electrons. The molecule has 0 aromatic rings. The van der Waals surface area contributed by atoms with E-state index in [1.807, 2.05) is 0 Å². The van der Waals surface area contributed by atoms with E-state index in [0.29, 0.717) is 37.6 Å². The third-order valence-corrected chi connectivity index (χ3v) is 6.75. The third-order valence-electron chi connectivity index (χ3n) is 6.75. The Bertz CT molecular complexity index is 599. The maximum Gasteiger partial charge on any atom is 0.237 e. The largest absolute Gasteiger partial charge is 0.326 e. The van der Waals surface area contributed by atoms with E-state index >= 15 is 0 Å². The molecule has 4 bridgehead atoms. The predicted molar refractivity (Wildman–Crippen MR) is 85.5 cm³/mol. The van der Waals surface area contributed by atoms with E-state index in [1.54, 1.807) is 4.90 Å². The number of carbonyl (C=O) groups excluding carboxylic acids is 1. The zero-order valence-electron chi connectivity index (χ0n) is 13.9. The summed E-state index contributed by atoms with van der Waals surface area (Å²) in [6.07, 6.45) is 6.60. The first-order valence-corrected chi connectivity index (χ1v) is 9.04. The number of rotatable bonds is 4. The number of nitrogens with one attached hydrogen (secondary N) is 1. The summed E-state index contributed by atoms with van der Waals surface area (Å²) < 4.78 is 0. The maximum absolute atomic E-state index is 12.5.